The second-order valence-electron chi connectivity index (χ2n) is 0. The fraction of sp³-hybridized carbons (Fsp3) is 0. The zero-order valence-corrected chi connectivity index (χ0v) is 23.5. The van der Waals surface area contributed by atoms with Gasteiger partial charge in [0, 0.05) is 0 Å². The first kappa shape index (κ1) is 83.5. The smallest absolute Gasteiger partial charge is 0.577 e. The van der Waals surface area contributed by atoms with Gasteiger partial charge in [-0.3, -0.25) is 0 Å². The molecule has 7 nitrogen and oxygen atoms in total. The largest absolute Gasteiger partial charge is 2.00 e. The van der Waals surface area contributed by atoms with Crippen molar-refractivity contribution in [3.63, 3.8) is 0 Å². The number of hydrogen-bond acceptors (Lipinski definition) is 6. The van der Waals surface area contributed by atoms with Gasteiger partial charge < -0.3 is 69.7 Å². The van der Waals surface area contributed by atoms with Crippen LogP contribution in [0.25, 0.3) is 5.59 Å². The van der Waals surface area contributed by atoms with Gasteiger partial charge in [-0.2, -0.15) is 0 Å². The molecule has 0 amide bonds. The van der Waals surface area contributed by atoms with E-state index < -0.39 is 0 Å². The van der Waals surface area contributed by atoms with E-state index in [9.17, 15) is 0 Å². The van der Waals surface area contributed by atoms with Crippen molar-refractivity contribution in [2.75, 3.05) is 0 Å². The molecule has 0 N–H and O–H groups in total. The van der Waals surface area contributed by atoms with Crippen LogP contribution in [0.1, 0.15) is 0 Å². The molecule has 0 aliphatic heterocycles. The third-order valence-electron chi connectivity index (χ3n) is 0. The van der Waals surface area contributed by atoms with Crippen molar-refractivity contribution in [1.82, 2.24) is 0 Å². The van der Waals surface area contributed by atoms with E-state index in [-0.39, 0.29) is 223 Å². The van der Waals surface area contributed by atoms with Gasteiger partial charge in [-0.1, -0.05) is 0 Å². The molecule has 68 valence electrons. The minimum absolute atomic E-state index is 0. The average Bonchev–Trinajstić information content (AvgIpc) is 2.33. The number of nitroso groups, excluding NO2 is 1. The fourth-order valence-corrected chi connectivity index (χ4v) is 0. The van der Waals surface area contributed by atoms with E-state index in [1.807, 2.05) is 0 Å². The maximum atomic E-state index is 7.25. The van der Waals surface area contributed by atoms with Crippen molar-refractivity contribution < 1.29 is 223 Å². The quantitative estimate of drug-likeness (QED) is 0.303. The van der Waals surface area contributed by atoms with Crippen molar-refractivity contribution in [2.24, 2.45) is 0 Å². The van der Waals surface area contributed by atoms with E-state index in [0.29, 0.717) is 0 Å². The van der Waals surface area contributed by atoms with Crippen LogP contribution in [0.5, 0.6) is 0 Å². The Morgan fingerprint density at radius 3 is 0.471 bits per heavy atom. The minimum atomic E-state index is 0. The van der Waals surface area contributed by atoms with Crippen LogP contribution >= 0.6 is 0 Å². The maximum Gasteiger partial charge on any atom is 2.00 e. The first-order valence-corrected chi connectivity index (χ1v) is 1.30. The summed E-state index contributed by atoms with van der Waals surface area (Å²) in [6, 6.07) is 0. The van der Waals surface area contributed by atoms with Crippen LogP contribution in [0, 0.1) is 64.1 Å². The van der Waals surface area contributed by atoms with Crippen molar-refractivity contribution in [3.05, 3.63) is 43.4 Å². The van der Waals surface area contributed by atoms with E-state index >= 15 is 0 Å². The van der Waals surface area contributed by atoms with Crippen LogP contribution in [0.15, 0.2) is 0 Å². The van der Waals surface area contributed by atoms with E-state index in [2.05, 4.69) is 0 Å². The van der Waals surface area contributed by atoms with Crippen molar-refractivity contribution >= 4 is 0 Å². The molecule has 0 fully saturated rings. The van der Waals surface area contributed by atoms with Crippen LogP contribution in [0.2, 0.25) is 0 Å². The molecule has 0 saturated carbocycles. The monoisotopic (exact) mass is 372 g/mol. The first-order valence-electron chi connectivity index (χ1n) is 1.30. The Labute approximate surface area is 283 Å². The normalized spacial score (nSPS) is 0.824. The van der Waals surface area contributed by atoms with Gasteiger partial charge in [0.25, 0.3) is 0 Å². The summed E-state index contributed by atoms with van der Waals surface area (Å²) in [5.74, 6) is 0. The Balaban J connectivity index is -0.00000000267. The molecule has 12 heteroatoms. The van der Waals surface area contributed by atoms with Gasteiger partial charge in [0.05, 0.1) is 0 Å². The number of nitrogens with zero attached hydrogens (tertiary/aromatic N) is 6. The summed E-state index contributed by atoms with van der Waals surface area (Å²) in [5.41, 5.74) is 5.75. The molecule has 0 bridgehead atoms. The SMILES string of the molecule is [C-]#N.[C-]#N.[C-]#N.[C-]#N.[C-]#N.[Fe+2].[K+].[K+].[K+].[K+].[N-]=O. The van der Waals surface area contributed by atoms with E-state index in [1.54, 1.807) is 0 Å². The predicted molar refractivity (Wildman–Crippen MR) is 31.6 cm³/mol. The second-order valence-corrected chi connectivity index (χ2v) is 0. The predicted octanol–water partition coefficient (Wildman–Crippen LogP) is -11.2. The topological polar surface area (TPSA) is 158 Å². The number of rotatable bonds is 0. The van der Waals surface area contributed by atoms with Crippen molar-refractivity contribution in [3.8, 4) is 0 Å². The molecule has 0 aliphatic carbocycles. The van der Waals surface area contributed by atoms with Gasteiger partial charge >= 0.3 is 223 Å². The molecule has 0 atom stereocenters. The molecule has 0 rings (SSSR count). The zero-order valence-electron chi connectivity index (χ0n) is 9.95. The molecule has 0 unspecified atom stereocenters. The van der Waals surface area contributed by atoms with Gasteiger partial charge in [0.15, 0.2) is 0 Å². The van der Waals surface area contributed by atoms with Gasteiger partial charge in [-0.15, -0.1) is 0 Å². The van der Waals surface area contributed by atoms with Crippen molar-refractivity contribution in [2.45, 2.75) is 0 Å². The molecule has 0 aromatic carbocycles. The molecule has 0 spiro atoms. The molecule has 0 aliphatic rings. The molecule has 0 saturated heterocycles. The van der Waals surface area contributed by atoms with E-state index in [4.69, 9.17) is 69.7 Å². The molecular weight excluding hydrogens is 372 g/mol. The standard InChI is InChI=1S/5CN.Fe.4K.NO/c5*1-2;;;;;;1-2/q5*-1;+2;4*+1;-1. The summed E-state index contributed by atoms with van der Waals surface area (Å²) in [4.78, 5) is 7.25. The maximum absolute atomic E-state index is 7.25. The molecular formula is C5FeK4N6O. The fourth-order valence-electron chi connectivity index (χ4n) is 0. The van der Waals surface area contributed by atoms with Crippen LogP contribution in [0.3, 0.4) is 0 Å². The minimum Gasteiger partial charge on any atom is -0.577 e. The van der Waals surface area contributed by atoms with Gasteiger partial charge in [-0.05, 0) is 0 Å². The first-order chi connectivity index (χ1) is 6.00. The zero-order chi connectivity index (χ0) is 12.0. The van der Waals surface area contributed by atoms with E-state index in [1.165, 1.54) is 0 Å². The summed E-state index contributed by atoms with van der Waals surface area (Å²) >= 11 is 0. The molecule has 0 radical (unpaired) electrons. The third-order valence-corrected chi connectivity index (χ3v) is 0. The van der Waals surface area contributed by atoms with Crippen molar-refractivity contribution in [1.29, 1.82) is 26.3 Å². The summed E-state index contributed by atoms with van der Waals surface area (Å²) < 4.78 is 0. The van der Waals surface area contributed by atoms with Crippen LogP contribution in [0.4, 0.5) is 0 Å². The average molecular weight is 372 g/mol. The Hall–Kier alpha value is 4.11. The van der Waals surface area contributed by atoms with Gasteiger partial charge in [-0.25, -0.2) is 0 Å². The van der Waals surface area contributed by atoms with E-state index in [0.717, 1.165) is 0 Å². The molecule has 17 heavy (non-hydrogen) atoms. The van der Waals surface area contributed by atoms with Gasteiger partial charge in [0.1, 0.15) is 0 Å². The second kappa shape index (κ2) is 434. The summed E-state index contributed by atoms with van der Waals surface area (Å²) in [6.45, 7) is 23.8. The summed E-state index contributed by atoms with van der Waals surface area (Å²) in [7, 11) is 0. The summed E-state index contributed by atoms with van der Waals surface area (Å²) in [5, 5.41) is 31.2. The van der Waals surface area contributed by atoms with Crippen LogP contribution in [-0.2, 0) is 17.1 Å². The van der Waals surface area contributed by atoms with Crippen LogP contribution in [-0.4, -0.2) is 0 Å². The van der Waals surface area contributed by atoms with Gasteiger partial charge in [0.2, 0.25) is 0 Å². The Kier molecular flexibility index (Phi) is 2130. The molecule has 0 aromatic heterocycles. The Morgan fingerprint density at radius 2 is 0.471 bits per heavy atom. The van der Waals surface area contributed by atoms with Crippen LogP contribution < -0.4 is 206 Å². The number of hydrogen-bond donors (Lipinski definition) is 0. The Bertz CT molecular complexity index is 104. The summed E-state index contributed by atoms with van der Waals surface area (Å²) in [6.07, 6.45) is 0. The third kappa shape index (κ3) is 390. The Morgan fingerprint density at radius 1 is 0.471 bits per heavy atom. The molecule has 0 aromatic rings. The molecule has 0 heterocycles.